The van der Waals surface area contributed by atoms with Crippen LogP contribution in [0.1, 0.15) is 29.5 Å². The van der Waals surface area contributed by atoms with Crippen LogP contribution in [0.3, 0.4) is 0 Å². The highest BCUT2D eigenvalue weighted by atomic mass is 16.6. The van der Waals surface area contributed by atoms with E-state index in [1.807, 2.05) is 35.6 Å². The van der Waals surface area contributed by atoms with Crippen LogP contribution >= 0.6 is 0 Å². The molecule has 0 bridgehead atoms. The SMILES string of the molecule is NCC(=O)NC(=O)Oc1ncc2c(c1OCc1ccccc1)CCCC2. The maximum atomic E-state index is 11.9. The molecule has 3 rings (SSSR count). The molecule has 1 aliphatic carbocycles. The first kappa shape index (κ1) is 17.9. The largest absolute Gasteiger partial charge is 0.483 e. The van der Waals surface area contributed by atoms with Gasteiger partial charge >= 0.3 is 6.09 Å². The predicted octanol–water partition coefficient (Wildman–Crippen LogP) is 2.11. The summed E-state index contributed by atoms with van der Waals surface area (Å²) in [5.41, 5.74) is 8.29. The van der Waals surface area contributed by atoms with Crippen LogP contribution in [0.4, 0.5) is 4.79 Å². The van der Waals surface area contributed by atoms with E-state index in [2.05, 4.69) is 4.98 Å². The Hall–Kier alpha value is -2.93. The van der Waals surface area contributed by atoms with Crippen molar-refractivity contribution in [2.24, 2.45) is 5.73 Å². The van der Waals surface area contributed by atoms with Crippen LogP contribution in [0.15, 0.2) is 36.5 Å². The van der Waals surface area contributed by atoms with Crippen LogP contribution in [-0.2, 0) is 24.2 Å². The fourth-order valence-corrected chi connectivity index (χ4v) is 2.88. The molecule has 1 aliphatic rings. The number of rotatable bonds is 5. The Morgan fingerprint density at radius 3 is 2.69 bits per heavy atom. The molecular weight excluding hydrogens is 334 g/mol. The van der Waals surface area contributed by atoms with Crippen molar-refractivity contribution in [2.45, 2.75) is 32.3 Å². The third-order valence-corrected chi connectivity index (χ3v) is 4.16. The molecule has 0 saturated heterocycles. The molecule has 3 N–H and O–H groups in total. The Bertz CT molecular complexity index is 793. The van der Waals surface area contributed by atoms with Gasteiger partial charge in [-0.15, -0.1) is 0 Å². The van der Waals surface area contributed by atoms with Crippen LogP contribution in [0.5, 0.6) is 11.6 Å². The van der Waals surface area contributed by atoms with Crippen molar-refractivity contribution in [3.05, 3.63) is 53.2 Å². The zero-order chi connectivity index (χ0) is 18.4. The van der Waals surface area contributed by atoms with Crippen molar-refractivity contribution >= 4 is 12.0 Å². The maximum Gasteiger partial charge on any atom is 0.420 e. The molecule has 2 aromatic rings. The molecule has 1 aromatic heterocycles. The number of fused-ring (bicyclic) bond motifs is 1. The lowest BCUT2D eigenvalue weighted by molar-refractivity contribution is -0.118. The van der Waals surface area contributed by atoms with Gasteiger partial charge < -0.3 is 15.2 Å². The number of aryl methyl sites for hydroxylation is 1. The van der Waals surface area contributed by atoms with E-state index < -0.39 is 12.0 Å². The third-order valence-electron chi connectivity index (χ3n) is 4.16. The zero-order valence-corrected chi connectivity index (χ0v) is 14.4. The molecule has 0 radical (unpaired) electrons. The van der Waals surface area contributed by atoms with Gasteiger partial charge in [0.15, 0.2) is 5.75 Å². The zero-order valence-electron chi connectivity index (χ0n) is 14.4. The minimum atomic E-state index is -0.923. The maximum absolute atomic E-state index is 11.9. The van der Waals surface area contributed by atoms with Gasteiger partial charge in [-0.1, -0.05) is 30.3 Å². The number of benzene rings is 1. The molecule has 0 spiro atoms. The number of nitrogens with one attached hydrogen (secondary N) is 1. The van der Waals surface area contributed by atoms with Gasteiger partial charge in [0.05, 0.1) is 6.54 Å². The molecule has 7 heteroatoms. The number of amides is 2. The summed E-state index contributed by atoms with van der Waals surface area (Å²) < 4.78 is 11.2. The number of pyridine rings is 1. The molecular formula is C19H21N3O4. The number of ether oxygens (including phenoxy) is 2. The monoisotopic (exact) mass is 355 g/mol. The van der Waals surface area contributed by atoms with E-state index in [0.717, 1.165) is 42.4 Å². The lowest BCUT2D eigenvalue weighted by Crippen LogP contribution is -2.37. The van der Waals surface area contributed by atoms with Crippen LogP contribution in [0.25, 0.3) is 0 Å². The Balaban J connectivity index is 1.83. The molecule has 2 amide bonds. The lowest BCUT2D eigenvalue weighted by Gasteiger charge is -2.21. The second-order valence-electron chi connectivity index (χ2n) is 6.02. The van der Waals surface area contributed by atoms with Crippen LogP contribution in [-0.4, -0.2) is 23.5 Å². The summed E-state index contributed by atoms with van der Waals surface area (Å²) in [4.78, 5) is 27.3. The Labute approximate surface area is 151 Å². The van der Waals surface area contributed by atoms with Crippen LogP contribution < -0.4 is 20.5 Å². The van der Waals surface area contributed by atoms with Gasteiger partial charge in [0.1, 0.15) is 6.61 Å². The Kier molecular flexibility index (Phi) is 5.80. The predicted molar refractivity (Wildman–Crippen MR) is 94.9 cm³/mol. The summed E-state index contributed by atoms with van der Waals surface area (Å²) in [6.07, 6.45) is 4.67. The molecule has 1 aromatic carbocycles. The number of hydrogen-bond donors (Lipinski definition) is 2. The Morgan fingerprint density at radius 1 is 1.15 bits per heavy atom. The molecule has 0 atom stereocenters. The fourth-order valence-electron chi connectivity index (χ4n) is 2.88. The van der Waals surface area contributed by atoms with Gasteiger partial charge in [-0.3, -0.25) is 10.1 Å². The van der Waals surface area contributed by atoms with E-state index >= 15 is 0 Å². The smallest absolute Gasteiger partial charge is 0.420 e. The highest BCUT2D eigenvalue weighted by Gasteiger charge is 2.22. The van der Waals surface area contributed by atoms with Gasteiger partial charge in [0.2, 0.25) is 5.91 Å². The third kappa shape index (κ3) is 4.37. The van der Waals surface area contributed by atoms with E-state index in [-0.39, 0.29) is 12.4 Å². The van der Waals surface area contributed by atoms with Gasteiger partial charge in [-0.25, -0.2) is 9.78 Å². The first-order valence-corrected chi connectivity index (χ1v) is 8.56. The van der Waals surface area contributed by atoms with E-state index in [1.54, 1.807) is 6.20 Å². The topological polar surface area (TPSA) is 104 Å². The minimum absolute atomic E-state index is 0.0592. The quantitative estimate of drug-likeness (QED) is 0.851. The van der Waals surface area contributed by atoms with Crippen molar-refractivity contribution in [3.63, 3.8) is 0 Å². The second kappa shape index (κ2) is 8.44. The molecule has 0 unspecified atom stereocenters. The van der Waals surface area contributed by atoms with Crippen LogP contribution in [0, 0.1) is 0 Å². The van der Waals surface area contributed by atoms with Gasteiger partial charge in [0.25, 0.3) is 5.88 Å². The van der Waals surface area contributed by atoms with Crippen molar-refractivity contribution in [3.8, 4) is 11.6 Å². The average Bonchev–Trinajstić information content (AvgIpc) is 2.67. The fraction of sp³-hybridized carbons (Fsp3) is 0.316. The van der Waals surface area contributed by atoms with E-state index in [9.17, 15) is 9.59 Å². The lowest BCUT2D eigenvalue weighted by atomic mass is 9.93. The summed E-state index contributed by atoms with van der Waals surface area (Å²) in [6.45, 7) is 0.0305. The second-order valence-corrected chi connectivity index (χ2v) is 6.02. The van der Waals surface area contributed by atoms with E-state index in [1.165, 1.54) is 0 Å². The number of aromatic nitrogens is 1. The molecule has 0 aliphatic heterocycles. The summed E-state index contributed by atoms with van der Waals surface area (Å²) in [5.74, 6) is -0.106. The summed E-state index contributed by atoms with van der Waals surface area (Å²) in [6, 6.07) is 9.70. The van der Waals surface area contributed by atoms with Crippen LogP contribution in [0.2, 0.25) is 0 Å². The normalized spacial score (nSPS) is 12.8. The molecule has 136 valence electrons. The minimum Gasteiger partial charge on any atom is -0.483 e. The molecule has 1 heterocycles. The van der Waals surface area contributed by atoms with E-state index in [4.69, 9.17) is 15.2 Å². The van der Waals surface area contributed by atoms with Crippen molar-refractivity contribution < 1.29 is 19.1 Å². The highest BCUT2D eigenvalue weighted by Crippen LogP contribution is 2.36. The molecule has 26 heavy (non-hydrogen) atoms. The summed E-state index contributed by atoms with van der Waals surface area (Å²) in [7, 11) is 0. The number of nitrogens with two attached hydrogens (primary N) is 1. The summed E-state index contributed by atoms with van der Waals surface area (Å²) >= 11 is 0. The molecule has 7 nitrogen and oxygen atoms in total. The molecule has 0 fully saturated rings. The standard InChI is InChI=1S/C19H21N3O4/c20-10-16(23)22-19(24)26-18-17(25-12-13-6-2-1-3-7-13)15-9-5-4-8-14(15)11-21-18/h1-3,6-7,11H,4-5,8-10,12,20H2,(H,22,23,24). The number of carbonyl (C=O) groups excluding carboxylic acids is 2. The van der Waals surface area contributed by atoms with Gasteiger partial charge in [0, 0.05) is 11.8 Å². The highest BCUT2D eigenvalue weighted by molar-refractivity contribution is 5.93. The van der Waals surface area contributed by atoms with Crippen molar-refractivity contribution in [2.75, 3.05) is 6.54 Å². The van der Waals surface area contributed by atoms with Gasteiger partial charge in [-0.2, -0.15) is 0 Å². The Morgan fingerprint density at radius 2 is 1.92 bits per heavy atom. The van der Waals surface area contributed by atoms with Crippen molar-refractivity contribution in [1.82, 2.24) is 10.3 Å². The van der Waals surface area contributed by atoms with E-state index in [0.29, 0.717) is 12.4 Å². The van der Waals surface area contributed by atoms with Crippen molar-refractivity contribution in [1.29, 1.82) is 0 Å². The number of imide groups is 1. The first-order chi connectivity index (χ1) is 12.7. The van der Waals surface area contributed by atoms with Gasteiger partial charge in [-0.05, 0) is 36.8 Å². The first-order valence-electron chi connectivity index (χ1n) is 8.56. The number of carbonyl (C=O) groups is 2. The number of hydrogen-bond acceptors (Lipinski definition) is 6. The molecule has 0 saturated carbocycles. The number of nitrogens with zero attached hydrogens (tertiary/aromatic N) is 1. The average molecular weight is 355 g/mol. The summed E-state index contributed by atoms with van der Waals surface area (Å²) in [5, 5.41) is 2.04.